The molecule has 4 rings (SSSR count). The maximum Gasteiger partial charge on any atom is 0.330 e. The largest absolute Gasteiger partial charge is 0.463 e. The summed E-state index contributed by atoms with van der Waals surface area (Å²) in [6.45, 7) is 12.5. The first-order chi connectivity index (χ1) is 22.3. The van der Waals surface area contributed by atoms with E-state index in [2.05, 4.69) is 13.2 Å². The molecule has 2 aromatic rings. The van der Waals surface area contributed by atoms with E-state index < -0.39 is 11.9 Å². The third-order valence-electron chi connectivity index (χ3n) is 8.21. The Morgan fingerprint density at radius 1 is 0.587 bits per heavy atom. The van der Waals surface area contributed by atoms with Gasteiger partial charge in [-0.25, -0.2) is 9.59 Å². The maximum absolute atomic E-state index is 14.3. The highest BCUT2D eigenvalue weighted by molar-refractivity contribution is 6.30. The topological polar surface area (TPSA) is 93.2 Å². The molecule has 0 aromatic heterocycles. The standard InChI is InChI=1S/C38H44N2O6/c1-5-31(41)45-25-13-9-7-11-23-39-35(29-19-15-27(3)16-20-29)33-34(37(39)43)36(30-21-17-28(4)18-22-30)40(38(33)44)24-12-8-10-14-26-46-32(42)6-2/h5-6,15-22H,1-2,7-14,23-26H2,3-4H3. The van der Waals surface area contributed by atoms with E-state index in [1.165, 1.54) is 0 Å². The molecule has 0 aliphatic carbocycles. The maximum atomic E-state index is 14.3. The van der Waals surface area contributed by atoms with Crippen LogP contribution in [0.3, 0.4) is 0 Å². The van der Waals surface area contributed by atoms with E-state index in [1.807, 2.05) is 62.4 Å². The quantitative estimate of drug-likeness (QED) is 0.104. The van der Waals surface area contributed by atoms with Crippen molar-refractivity contribution in [3.63, 3.8) is 0 Å². The van der Waals surface area contributed by atoms with Crippen LogP contribution in [0.2, 0.25) is 0 Å². The summed E-state index contributed by atoms with van der Waals surface area (Å²) in [5.41, 5.74) is 6.14. The first-order valence-electron chi connectivity index (χ1n) is 16.1. The summed E-state index contributed by atoms with van der Waals surface area (Å²) in [5, 5.41) is 0. The molecule has 2 aromatic carbocycles. The Morgan fingerprint density at radius 2 is 0.935 bits per heavy atom. The van der Waals surface area contributed by atoms with Crippen LogP contribution in [0, 0.1) is 13.8 Å². The molecule has 8 nitrogen and oxygen atoms in total. The lowest BCUT2D eigenvalue weighted by molar-refractivity contribution is -0.138. The monoisotopic (exact) mass is 624 g/mol. The number of carbonyl (C=O) groups is 4. The number of nitrogens with zero attached hydrogens (tertiary/aromatic N) is 2. The molecule has 0 spiro atoms. The van der Waals surface area contributed by atoms with E-state index >= 15 is 0 Å². The van der Waals surface area contributed by atoms with Crippen molar-refractivity contribution in [2.24, 2.45) is 0 Å². The lowest BCUT2D eigenvalue weighted by atomic mass is 10.0. The number of carbonyl (C=O) groups excluding carboxylic acids is 4. The fraction of sp³-hybridized carbons (Fsp3) is 0.368. The van der Waals surface area contributed by atoms with Gasteiger partial charge in [0.05, 0.1) is 35.8 Å². The fourth-order valence-corrected chi connectivity index (χ4v) is 5.76. The predicted octanol–water partition coefficient (Wildman–Crippen LogP) is 6.69. The van der Waals surface area contributed by atoms with Crippen molar-refractivity contribution in [1.29, 1.82) is 0 Å². The van der Waals surface area contributed by atoms with E-state index in [9.17, 15) is 19.2 Å². The number of hydrogen-bond acceptors (Lipinski definition) is 6. The molecule has 8 heteroatoms. The van der Waals surface area contributed by atoms with Crippen LogP contribution in [0.1, 0.15) is 73.6 Å². The second-order valence-electron chi connectivity index (χ2n) is 11.7. The minimum absolute atomic E-state index is 0.152. The zero-order valence-electron chi connectivity index (χ0n) is 27.0. The highest BCUT2D eigenvalue weighted by atomic mass is 16.5. The van der Waals surface area contributed by atoms with Crippen LogP contribution in [0.25, 0.3) is 11.4 Å². The molecule has 2 heterocycles. The summed E-state index contributed by atoms with van der Waals surface area (Å²) in [7, 11) is 0. The van der Waals surface area contributed by atoms with Gasteiger partial charge in [-0.2, -0.15) is 0 Å². The molecule has 0 fully saturated rings. The van der Waals surface area contributed by atoms with Crippen molar-refractivity contribution in [3.8, 4) is 0 Å². The number of fused-ring (bicyclic) bond motifs is 1. The van der Waals surface area contributed by atoms with Gasteiger partial charge in [-0.15, -0.1) is 0 Å². The van der Waals surface area contributed by atoms with Gasteiger partial charge in [0.2, 0.25) is 0 Å². The van der Waals surface area contributed by atoms with Crippen molar-refractivity contribution in [3.05, 3.63) is 107 Å². The Labute approximate surface area is 272 Å². The van der Waals surface area contributed by atoms with E-state index in [-0.39, 0.29) is 11.8 Å². The molecule has 0 bridgehead atoms. The number of unbranched alkanes of at least 4 members (excludes halogenated alkanes) is 6. The van der Waals surface area contributed by atoms with Gasteiger partial charge in [0.25, 0.3) is 11.8 Å². The van der Waals surface area contributed by atoms with Crippen molar-refractivity contribution in [2.45, 2.75) is 65.2 Å². The first-order valence-corrected chi connectivity index (χ1v) is 16.1. The molecule has 2 aliphatic rings. The van der Waals surface area contributed by atoms with E-state index in [0.717, 1.165) is 85.8 Å². The fourth-order valence-electron chi connectivity index (χ4n) is 5.76. The number of hydrogen-bond donors (Lipinski definition) is 0. The van der Waals surface area contributed by atoms with Gasteiger partial charge in [0.1, 0.15) is 0 Å². The van der Waals surface area contributed by atoms with Gasteiger partial charge < -0.3 is 19.3 Å². The molecule has 0 unspecified atom stereocenters. The Balaban J connectivity index is 1.57. The van der Waals surface area contributed by atoms with E-state index in [0.29, 0.717) is 48.8 Å². The van der Waals surface area contributed by atoms with E-state index in [4.69, 9.17) is 9.47 Å². The summed E-state index contributed by atoms with van der Waals surface area (Å²) >= 11 is 0. The van der Waals surface area contributed by atoms with Gasteiger partial charge in [-0.05, 0) is 63.5 Å². The number of aryl methyl sites for hydroxylation is 2. The van der Waals surface area contributed by atoms with Crippen LogP contribution < -0.4 is 0 Å². The highest BCUT2D eigenvalue weighted by Crippen LogP contribution is 2.46. The number of ether oxygens (including phenoxy) is 2. The van der Waals surface area contributed by atoms with Crippen LogP contribution in [0.4, 0.5) is 0 Å². The van der Waals surface area contributed by atoms with Crippen LogP contribution in [0.15, 0.2) is 85.0 Å². The molecule has 242 valence electrons. The van der Waals surface area contributed by atoms with Gasteiger partial charge >= 0.3 is 11.9 Å². The van der Waals surface area contributed by atoms with Gasteiger partial charge in [0.15, 0.2) is 0 Å². The lowest BCUT2D eigenvalue weighted by Crippen LogP contribution is -2.31. The molecule has 0 saturated heterocycles. The van der Waals surface area contributed by atoms with Crippen molar-refractivity contribution >= 4 is 35.1 Å². The highest BCUT2D eigenvalue weighted by Gasteiger charge is 2.48. The van der Waals surface area contributed by atoms with Crippen LogP contribution >= 0.6 is 0 Å². The van der Waals surface area contributed by atoms with Crippen molar-refractivity contribution in [1.82, 2.24) is 9.80 Å². The minimum atomic E-state index is -0.425. The Hall–Kier alpha value is -4.72. The molecule has 0 radical (unpaired) electrons. The Kier molecular flexibility index (Phi) is 12.3. The molecule has 46 heavy (non-hydrogen) atoms. The normalized spacial score (nSPS) is 14.2. The zero-order chi connectivity index (χ0) is 33.1. The summed E-state index contributed by atoms with van der Waals surface area (Å²) in [6.07, 6.45) is 8.67. The average molecular weight is 625 g/mol. The molecule has 0 atom stereocenters. The molecular formula is C38H44N2O6. The SMILES string of the molecule is C=CC(=O)OCCCCCCN1C(=O)C2=C(c3ccc(C)cc3)N(CCCCCCOC(=O)C=C)C(=O)C2=C1c1ccc(C)cc1. The zero-order valence-corrected chi connectivity index (χ0v) is 27.0. The molecule has 2 amide bonds. The molecule has 2 aliphatic heterocycles. The Morgan fingerprint density at radius 3 is 1.28 bits per heavy atom. The number of esters is 2. The molecule has 0 saturated carbocycles. The third kappa shape index (κ3) is 8.30. The number of benzene rings is 2. The average Bonchev–Trinajstić information content (AvgIpc) is 3.50. The first kappa shape index (κ1) is 34.2. The second kappa shape index (κ2) is 16.5. The predicted molar refractivity (Wildman–Crippen MR) is 179 cm³/mol. The molecule has 0 N–H and O–H groups in total. The second-order valence-corrected chi connectivity index (χ2v) is 11.7. The molecular weight excluding hydrogens is 580 g/mol. The summed E-state index contributed by atoms with van der Waals surface area (Å²) < 4.78 is 10.1. The minimum Gasteiger partial charge on any atom is -0.463 e. The van der Waals surface area contributed by atoms with Gasteiger partial charge in [0, 0.05) is 25.2 Å². The summed E-state index contributed by atoms with van der Waals surface area (Å²) in [6, 6.07) is 15.9. The van der Waals surface area contributed by atoms with E-state index in [1.54, 1.807) is 9.80 Å². The Bertz CT molecular complexity index is 1400. The van der Waals surface area contributed by atoms with Crippen molar-refractivity contribution in [2.75, 3.05) is 26.3 Å². The lowest BCUT2D eigenvalue weighted by Gasteiger charge is -2.25. The smallest absolute Gasteiger partial charge is 0.330 e. The van der Waals surface area contributed by atoms with Crippen LogP contribution in [-0.4, -0.2) is 59.9 Å². The van der Waals surface area contributed by atoms with Gasteiger partial charge in [-0.1, -0.05) is 85.7 Å². The summed E-state index contributed by atoms with van der Waals surface area (Å²) in [5.74, 6) is -1.15. The number of rotatable bonds is 18. The number of amides is 2. The van der Waals surface area contributed by atoms with Crippen LogP contribution in [-0.2, 0) is 28.7 Å². The third-order valence-corrected chi connectivity index (χ3v) is 8.21. The van der Waals surface area contributed by atoms with Gasteiger partial charge in [-0.3, -0.25) is 9.59 Å². The summed E-state index contributed by atoms with van der Waals surface area (Å²) in [4.78, 5) is 54.8. The van der Waals surface area contributed by atoms with Crippen LogP contribution in [0.5, 0.6) is 0 Å². The van der Waals surface area contributed by atoms with Crippen molar-refractivity contribution < 1.29 is 28.7 Å².